The van der Waals surface area contributed by atoms with Crippen LogP contribution in [0.25, 0.3) is 11.0 Å². The molecule has 0 amide bonds. The number of hydrogen-bond acceptors (Lipinski definition) is 5. The second-order valence-electron chi connectivity index (χ2n) is 3.42. The Hall–Kier alpha value is -2.44. The molecule has 0 aliphatic carbocycles. The maximum absolute atomic E-state index is 11.4. The molecule has 0 aliphatic heterocycles. The summed E-state index contributed by atoms with van der Waals surface area (Å²) in [7, 11) is 2.90. The minimum atomic E-state index is -0.577. The van der Waals surface area contributed by atoms with Crippen molar-refractivity contribution in [2.75, 3.05) is 7.11 Å². The second-order valence-corrected chi connectivity index (χ2v) is 3.42. The average molecular weight is 235 g/mol. The molecule has 0 atom stereocenters. The summed E-state index contributed by atoms with van der Waals surface area (Å²) < 4.78 is 6.10. The van der Waals surface area contributed by atoms with E-state index in [1.54, 1.807) is 13.1 Å². The molecule has 0 fully saturated rings. The Labute approximate surface area is 95.8 Å². The van der Waals surface area contributed by atoms with E-state index < -0.39 is 10.9 Å². The topological polar surface area (TPSA) is 87.3 Å². The number of methoxy groups -OCH3 is 1. The number of carbonyl (C=O) groups excluding carboxylic acids is 1. The standard InChI is InChI=1S/C10H9N3O4/c1-12-8-4-3-6(13(15)16)5-7(8)11-9(12)10(14)17-2/h3-5H,1-2H3. The number of benzene rings is 1. The summed E-state index contributed by atoms with van der Waals surface area (Å²) >= 11 is 0. The third kappa shape index (κ3) is 1.71. The summed E-state index contributed by atoms with van der Waals surface area (Å²) in [6, 6.07) is 4.24. The number of fused-ring (bicyclic) bond motifs is 1. The van der Waals surface area contributed by atoms with Crippen molar-refractivity contribution in [2.45, 2.75) is 0 Å². The lowest BCUT2D eigenvalue weighted by Gasteiger charge is -1.98. The number of imidazole rings is 1. The Balaban J connectivity index is 2.65. The maximum atomic E-state index is 11.4. The lowest BCUT2D eigenvalue weighted by Crippen LogP contribution is -2.08. The Morgan fingerprint density at radius 1 is 1.53 bits per heavy atom. The van der Waals surface area contributed by atoms with Crippen molar-refractivity contribution in [3.05, 3.63) is 34.1 Å². The van der Waals surface area contributed by atoms with E-state index in [1.165, 1.54) is 23.8 Å². The van der Waals surface area contributed by atoms with Gasteiger partial charge in [-0.05, 0) is 6.07 Å². The minimum Gasteiger partial charge on any atom is -0.463 e. The first kappa shape index (κ1) is 11.1. The van der Waals surface area contributed by atoms with Gasteiger partial charge in [-0.15, -0.1) is 0 Å². The molecule has 0 N–H and O–H groups in total. The van der Waals surface area contributed by atoms with E-state index in [0.717, 1.165) is 0 Å². The van der Waals surface area contributed by atoms with E-state index in [4.69, 9.17) is 0 Å². The van der Waals surface area contributed by atoms with Crippen molar-refractivity contribution < 1.29 is 14.5 Å². The van der Waals surface area contributed by atoms with Crippen LogP contribution in [-0.2, 0) is 11.8 Å². The highest BCUT2D eigenvalue weighted by atomic mass is 16.6. The molecule has 7 heteroatoms. The van der Waals surface area contributed by atoms with E-state index in [9.17, 15) is 14.9 Å². The van der Waals surface area contributed by atoms with Crippen LogP contribution in [0.5, 0.6) is 0 Å². The number of rotatable bonds is 2. The zero-order valence-electron chi connectivity index (χ0n) is 9.21. The van der Waals surface area contributed by atoms with E-state index in [2.05, 4.69) is 9.72 Å². The molecule has 1 heterocycles. The Kier molecular flexibility index (Phi) is 2.51. The first-order valence-electron chi connectivity index (χ1n) is 4.73. The molecule has 0 radical (unpaired) electrons. The van der Waals surface area contributed by atoms with Crippen LogP contribution >= 0.6 is 0 Å². The number of aromatic nitrogens is 2. The average Bonchev–Trinajstić information content (AvgIpc) is 2.65. The zero-order chi connectivity index (χ0) is 12.6. The summed E-state index contributed by atoms with van der Waals surface area (Å²) in [5.74, 6) is -0.464. The molecule has 7 nitrogen and oxygen atoms in total. The van der Waals surface area contributed by atoms with Crippen LogP contribution in [0.4, 0.5) is 5.69 Å². The Morgan fingerprint density at radius 2 is 2.24 bits per heavy atom. The van der Waals surface area contributed by atoms with Gasteiger partial charge in [-0.2, -0.15) is 0 Å². The van der Waals surface area contributed by atoms with Gasteiger partial charge in [0.2, 0.25) is 5.82 Å². The van der Waals surface area contributed by atoms with Gasteiger partial charge in [0.1, 0.15) is 0 Å². The summed E-state index contributed by atoms with van der Waals surface area (Å²) in [4.78, 5) is 25.5. The molecular weight excluding hydrogens is 226 g/mol. The van der Waals surface area contributed by atoms with E-state index in [0.29, 0.717) is 11.0 Å². The van der Waals surface area contributed by atoms with Gasteiger partial charge >= 0.3 is 5.97 Å². The van der Waals surface area contributed by atoms with E-state index >= 15 is 0 Å². The number of nitro benzene ring substituents is 1. The summed E-state index contributed by atoms with van der Waals surface area (Å²) in [5, 5.41) is 10.6. The number of carbonyl (C=O) groups is 1. The predicted molar refractivity (Wildman–Crippen MR) is 58.7 cm³/mol. The fraction of sp³-hybridized carbons (Fsp3) is 0.200. The molecule has 0 bridgehead atoms. The fourth-order valence-electron chi connectivity index (χ4n) is 1.58. The van der Waals surface area contributed by atoms with Gasteiger partial charge in [-0.1, -0.05) is 0 Å². The van der Waals surface area contributed by atoms with Gasteiger partial charge < -0.3 is 9.30 Å². The Bertz CT molecular complexity index is 617. The van der Waals surface area contributed by atoms with E-state index in [-0.39, 0.29) is 11.5 Å². The highest BCUT2D eigenvalue weighted by molar-refractivity contribution is 5.91. The lowest BCUT2D eigenvalue weighted by atomic mass is 10.3. The smallest absolute Gasteiger partial charge is 0.374 e. The van der Waals surface area contributed by atoms with Crippen LogP contribution < -0.4 is 0 Å². The SMILES string of the molecule is COC(=O)c1nc2cc([N+](=O)[O-])ccc2n1C. The fourth-order valence-corrected chi connectivity index (χ4v) is 1.58. The third-order valence-corrected chi connectivity index (χ3v) is 2.44. The van der Waals surface area contributed by atoms with Gasteiger partial charge in [-0.25, -0.2) is 9.78 Å². The van der Waals surface area contributed by atoms with Crippen molar-refractivity contribution in [1.82, 2.24) is 9.55 Å². The van der Waals surface area contributed by atoms with Crippen LogP contribution in [0.15, 0.2) is 18.2 Å². The molecule has 1 aromatic carbocycles. The molecule has 1 aromatic heterocycles. The monoisotopic (exact) mass is 235 g/mol. The van der Waals surface area contributed by atoms with Gasteiger partial charge in [0.05, 0.1) is 23.1 Å². The number of non-ortho nitro benzene ring substituents is 1. The van der Waals surface area contributed by atoms with Gasteiger partial charge in [0, 0.05) is 19.2 Å². The van der Waals surface area contributed by atoms with Crippen LogP contribution in [0.1, 0.15) is 10.6 Å². The zero-order valence-corrected chi connectivity index (χ0v) is 9.21. The molecule has 0 aliphatic rings. The summed E-state index contributed by atoms with van der Waals surface area (Å²) in [6.07, 6.45) is 0. The van der Waals surface area contributed by atoms with E-state index in [1.807, 2.05) is 0 Å². The number of nitrogens with zero attached hydrogens (tertiary/aromatic N) is 3. The highest BCUT2D eigenvalue weighted by Gasteiger charge is 2.17. The van der Waals surface area contributed by atoms with Crippen LogP contribution in [-0.4, -0.2) is 27.6 Å². The molecule has 2 aromatic rings. The van der Waals surface area contributed by atoms with Crippen LogP contribution in [0.2, 0.25) is 0 Å². The van der Waals surface area contributed by atoms with Crippen LogP contribution in [0.3, 0.4) is 0 Å². The molecule has 0 saturated carbocycles. The van der Waals surface area contributed by atoms with Gasteiger partial charge in [0.15, 0.2) is 0 Å². The number of aryl methyl sites for hydroxylation is 1. The van der Waals surface area contributed by atoms with Crippen molar-refractivity contribution in [2.24, 2.45) is 7.05 Å². The molecule has 0 saturated heterocycles. The van der Waals surface area contributed by atoms with Crippen molar-refractivity contribution in [1.29, 1.82) is 0 Å². The first-order chi connectivity index (χ1) is 8.04. The number of esters is 1. The molecule has 88 valence electrons. The van der Waals surface area contributed by atoms with Crippen molar-refractivity contribution in [3.63, 3.8) is 0 Å². The van der Waals surface area contributed by atoms with Crippen LogP contribution in [0, 0.1) is 10.1 Å². The first-order valence-corrected chi connectivity index (χ1v) is 4.73. The highest BCUT2D eigenvalue weighted by Crippen LogP contribution is 2.21. The number of nitro groups is 1. The Morgan fingerprint density at radius 3 is 2.82 bits per heavy atom. The summed E-state index contributed by atoms with van der Waals surface area (Å²) in [5.41, 5.74) is 0.963. The normalized spacial score (nSPS) is 10.5. The minimum absolute atomic E-state index is 0.0629. The molecule has 2 rings (SSSR count). The van der Waals surface area contributed by atoms with Gasteiger partial charge in [0.25, 0.3) is 5.69 Å². The predicted octanol–water partition coefficient (Wildman–Crippen LogP) is 1.27. The maximum Gasteiger partial charge on any atom is 0.374 e. The second kappa shape index (κ2) is 3.85. The largest absolute Gasteiger partial charge is 0.463 e. The molecule has 0 unspecified atom stereocenters. The van der Waals surface area contributed by atoms with Crippen molar-refractivity contribution in [3.8, 4) is 0 Å². The third-order valence-electron chi connectivity index (χ3n) is 2.44. The number of hydrogen-bond donors (Lipinski definition) is 0. The number of ether oxygens (including phenoxy) is 1. The molecular formula is C10H9N3O4. The molecule has 0 spiro atoms. The lowest BCUT2D eigenvalue weighted by molar-refractivity contribution is -0.384. The van der Waals surface area contributed by atoms with Crippen molar-refractivity contribution >= 4 is 22.7 Å². The van der Waals surface area contributed by atoms with Gasteiger partial charge in [-0.3, -0.25) is 10.1 Å². The molecule has 17 heavy (non-hydrogen) atoms. The summed E-state index contributed by atoms with van der Waals surface area (Å²) in [6.45, 7) is 0. The quantitative estimate of drug-likeness (QED) is 0.444.